The number of hydrogen-bond acceptors (Lipinski definition) is 4. The molecule has 1 aromatic carbocycles. The van der Waals surface area contributed by atoms with Crippen LogP contribution in [0.1, 0.15) is 5.69 Å². The molecule has 0 atom stereocenters. The molecule has 128 valence electrons. The fourth-order valence-electron chi connectivity index (χ4n) is 2.81. The molecule has 1 aliphatic heterocycles. The molecule has 5 nitrogen and oxygen atoms in total. The van der Waals surface area contributed by atoms with Gasteiger partial charge in [-0.05, 0) is 24.3 Å². The molecule has 2 aromatic rings. The summed E-state index contributed by atoms with van der Waals surface area (Å²) in [6.07, 6.45) is 2.61. The highest BCUT2D eigenvalue weighted by atomic mass is 32.2. The summed E-state index contributed by atoms with van der Waals surface area (Å²) in [7, 11) is -3.76. The fourth-order valence-corrected chi connectivity index (χ4v) is 4.29. The molecule has 0 aliphatic carbocycles. The summed E-state index contributed by atoms with van der Waals surface area (Å²) < 4.78 is 40.3. The van der Waals surface area contributed by atoms with Crippen LogP contribution in [-0.2, 0) is 16.4 Å². The number of sulfonamides is 1. The van der Waals surface area contributed by atoms with Gasteiger partial charge in [-0.1, -0.05) is 18.2 Å². The smallest absolute Gasteiger partial charge is 0.246 e. The number of halogens is 1. The Kier molecular flexibility index (Phi) is 5.23. The summed E-state index contributed by atoms with van der Waals surface area (Å²) in [5.41, 5.74) is 1.03. The predicted molar refractivity (Wildman–Crippen MR) is 89.5 cm³/mol. The Bertz CT molecular complexity index is 775. The fraction of sp³-hybridized carbons (Fsp3) is 0.353. The van der Waals surface area contributed by atoms with E-state index in [0.717, 1.165) is 18.7 Å². The van der Waals surface area contributed by atoms with Gasteiger partial charge in [0, 0.05) is 51.0 Å². The SMILES string of the molecule is O=S(=O)(c1ccccc1F)N1CCN(CCc2ccccn2)CC1. The number of piperazine rings is 1. The van der Waals surface area contributed by atoms with Crippen molar-refractivity contribution >= 4 is 10.0 Å². The lowest BCUT2D eigenvalue weighted by Crippen LogP contribution is -2.49. The first-order chi connectivity index (χ1) is 11.6. The zero-order valence-corrected chi connectivity index (χ0v) is 14.1. The predicted octanol–water partition coefficient (Wildman–Crippen LogP) is 1.77. The van der Waals surface area contributed by atoms with Crippen molar-refractivity contribution in [3.63, 3.8) is 0 Å². The van der Waals surface area contributed by atoms with Crippen molar-refractivity contribution in [3.05, 3.63) is 60.2 Å². The van der Waals surface area contributed by atoms with E-state index in [2.05, 4.69) is 9.88 Å². The highest BCUT2D eigenvalue weighted by Gasteiger charge is 2.30. The lowest BCUT2D eigenvalue weighted by atomic mass is 10.2. The molecule has 0 unspecified atom stereocenters. The monoisotopic (exact) mass is 349 g/mol. The lowest BCUT2D eigenvalue weighted by Gasteiger charge is -2.33. The van der Waals surface area contributed by atoms with Crippen molar-refractivity contribution in [2.45, 2.75) is 11.3 Å². The average molecular weight is 349 g/mol. The minimum Gasteiger partial charge on any atom is -0.300 e. The van der Waals surface area contributed by atoms with E-state index in [-0.39, 0.29) is 4.90 Å². The van der Waals surface area contributed by atoms with Gasteiger partial charge in [-0.3, -0.25) is 4.98 Å². The van der Waals surface area contributed by atoms with Crippen LogP contribution in [0.15, 0.2) is 53.6 Å². The second kappa shape index (κ2) is 7.38. The summed E-state index contributed by atoms with van der Waals surface area (Å²) >= 11 is 0. The van der Waals surface area contributed by atoms with Gasteiger partial charge < -0.3 is 4.90 Å². The minimum absolute atomic E-state index is 0.244. The first-order valence-electron chi connectivity index (χ1n) is 7.94. The Morgan fingerprint density at radius 1 is 1.00 bits per heavy atom. The Morgan fingerprint density at radius 3 is 2.38 bits per heavy atom. The van der Waals surface area contributed by atoms with Crippen molar-refractivity contribution in [2.24, 2.45) is 0 Å². The molecule has 1 fully saturated rings. The number of nitrogens with zero attached hydrogens (tertiary/aromatic N) is 3. The number of pyridine rings is 1. The molecule has 0 spiro atoms. The standard InChI is InChI=1S/C17H20FN3O2S/c18-16-6-1-2-7-17(16)24(22,23)21-13-11-20(12-14-21)10-8-15-5-3-4-9-19-15/h1-7,9H,8,10-14H2. The summed E-state index contributed by atoms with van der Waals surface area (Å²) in [6, 6.07) is 11.4. The van der Waals surface area contributed by atoms with E-state index in [0.29, 0.717) is 26.2 Å². The molecular formula is C17H20FN3O2S. The Morgan fingerprint density at radius 2 is 1.71 bits per heavy atom. The van der Waals surface area contributed by atoms with Crippen LogP contribution in [0.5, 0.6) is 0 Å². The normalized spacial score (nSPS) is 17.0. The summed E-state index contributed by atoms with van der Waals surface area (Å²) in [6.45, 7) is 2.86. The Labute approximate surface area is 141 Å². The third-order valence-electron chi connectivity index (χ3n) is 4.20. The van der Waals surface area contributed by atoms with Gasteiger partial charge in [0.1, 0.15) is 10.7 Å². The quantitative estimate of drug-likeness (QED) is 0.826. The molecule has 0 radical (unpaired) electrons. The van der Waals surface area contributed by atoms with Crippen LogP contribution in [0.25, 0.3) is 0 Å². The van der Waals surface area contributed by atoms with E-state index >= 15 is 0 Å². The topological polar surface area (TPSA) is 53.5 Å². The third kappa shape index (κ3) is 3.80. The zero-order chi connectivity index (χ0) is 17.0. The van der Waals surface area contributed by atoms with Crippen molar-refractivity contribution < 1.29 is 12.8 Å². The van der Waals surface area contributed by atoms with Crippen LogP contribution in [0.4, 0.5) is 4.39 Å². The molecule has 1 aromatic heterocycles. The van der Waals surface area contributed by atoms with Crippen LogP contribution in [0.2, 0.25) is 0 Å². The number of benzene rings is 1. The van der Waals surface area contributed by atoms with Crippen molar-refractivity contribution in [1.29, 1.82) is 0 Å². The maximum Gasteiger partial charge on any atom is 0.246 e. The zero-order valence-electron chi connectivity index (χ0n) is 13.3. The molecule has 0 amide bonds. The van der Waals surface area contributed by atoms with Gasteiger partial charge in [0.25, 0.3) is 0 Å². The molecule has 1 saturated heterocycles. The Balaban J connectivity index is 1.58. The van der Waals surface area contributed by atoms with Gasteiger partial charge in [-0.15, -0.1) is 0 Å². The second-order valence-electron chi connectivity index (χ2n) is 5.75. The first kappa shape index (κ1) is 17.0. The third-order valence-corrected chi connectivity index (χ3v) is 6.13. The van der Waals surface area contributed by atoms with E-state index < -0.39 is 15.8 Å². The van der Waals surface area contributed by atoms with E-state index in [1.165, 1.54) is 22.5 Å². The molecule has 24 heavy (non-hydrogen) atoms. The molecule has 0 N–H and O–H groups in total. The van der Waals surface area contributed by atoms with Crippen molar-refractivity contribution in [1.82, 2.24) is 14.2 Å². The summed E-state index contributed by atoms with van der Waals surface area (Å²) in [5.74, 6) is -0.699. The van der Waals surface area contributed by atoms with E-state index in [1.807, 2.05) is 18.2 Å². The van der Waals surface area contributed by atoms with Crippen LogP contribution < -0.4 is 0 Å². The Hall–Kier alpha value is -1.83. The van der Waals surface area contributed by atoms with Gasteiger partial charge in [0.15, 0.2) is 0 Å². The van der Waals surface area contributed by atoms with E-state index in [9.17, 15) is 12.8 Å². The highest BCUT2D eigenvalue weighted by molar-refractivity contribution is 7.89. The maximum atomic E-state index is 13.8. The second-order valence-corrected chi connectivity index (χ2v) is 7.65. The molecule has 1 aliphatic rings. The van der Waals surface area contributed by atoms with E-state index in [4.69, 9.17) is 0 Å². The summed E-state index contributed by atoms with van der Waals surface area (Å²) in [4.78, 5) is 6.26. The van der Waals surface area contributed by atoms with Crippen molar-refractivity contribution in [2.75, 3.05) is 32.7 Å². The molecule has 0 bridgehead atoms. The number of aromatic nitrogens is 1. The van der Waals surface area contributed by atoms with Crippen LogP contribution >= 0.6 is 0 Å². The molecule has 7 heteroatoms. The number of rotatable bonds is 5. The van der Waals surface area contributed by atoms with Crippen LogP contribution in [0.3, 0.4) is 0 Å². The van der Waals surface area contributed by atoms with Crippen LogP contribution in [-0.4, -0.2) is 55.3 Å². The van der Waals surface area contributed by atoms with Crippen LogP contribution in [0, 0.1) is 5.82 Å². The lowest BCUT2D eigenvalue weighted by molar-refractivity contribution is 0.189. The van der Waals surface area contributed by atoms with Gasteiger partial charge >= 0.3 is 0 Å². The van der Waals surface area contributed by atoms with Crippen molar-refractivity contribution in [3.8, 4) is 0 Å². The van der Waals surface area contributed by atoms with Gasteiger partial charge in [0.05, 0.1) is 0 Å². The minimum atomic E-state index is -3.76. The van der Waals surface area contributed by atoms with E-state index in [1.54, 1.807) is 12.3 Å². The average Bonchev–Trinajstić information content (AvgIpc) is 2.61. The maximum absolute atomic E-state index is 13.8. The van der Waals surface area contributed by atoms with Gasteiger partial charge in [0.2, 0.25) is 10.0 Å². The molecule has 0 saturated carbocycles. The highest BCUT2D eigenvalue weighted by Crippen LogP contribution is 2.20. The molecule has 2 heterocycles. The van der Waals surface area contributed by atoms with Gasteiger partial charge in [-0.2, -0.15) is 4.31 Å². The molecular weight excluding hydrogens is 329 g/mol. The number of hydrogen-bond donors (Lipinski definition) is 0. The van der Waals surface area contributed by atoms with Gasteiger partial charge in [-0.25, -0.2) is 12.8 Å². The largest absolute Gasteiger partial charge is 0.300 e. The first-order valence-corrected chi connectivity index (χ1v) is 9.38. The molecule has 3 rings (SSSR count). The summed E-state index contributed by atoms with van der Waals surface area (Å²) in [5, 5.41) is 0.